The average Bonchev–Trinajstić information content (AvgIpc) is 2.40. The predicted octanol–water partition coefficient (Wildman–Crippen LogP) is 3.84. The van der Waals surface area contributed by atoms with Gasteiger partial charge in [0.2, 0.25) is 5.91 Å². The van der Waals surface area contributed by atoms with Gasteiger partial charge in [0.05, 0.1) is 5.41 Å². The van der Waals surface area contributed by atoms with Crippen molar-refractivity contribution in [1.29, 1.82) is 0 Å². The van der Waals surface area contributed by atoms with Crippen molar-refractivity contribution >= 4 is 34.3 Å². The lowest BCUT2D eigenvalue weighted by atomic mass is 9.49. The van der Waals surface area contributed by atoms with E-state index in [9.17, 15) is 4.79 Å². The van der Waals surface area contributed by atoms with Crippen LogP contribution in [-0.2, 0) is 4.79 Å². The van der Waals surface area contributed by atoms with Gasteiger partial charge in [0.25, 0.3) is 0 Å². The zero-order valence-electron chi connectivity index (χ0n) is 11.4. The van der Waals surface area contributed by atoms with Gasteiger partial charge in [-0.3, -0.25) is 4.79 Å². The molecular weight excluding hydrogens is 363 g/mol. The van der Waals surface area contributed by atoms with Gasteiger partial charge in [-0.15, -0.1) is 0 Å². The van der Waals surface area contributed by atoms with Crippen molar-refractivity contribution in [1.82, 2.24) is 4.98 Å². The fraction of sp³-hybridized carbons (Fsp3) is 0.625. The van der Waals surface area contributed by atoms with Crippen LogP contribution in [0.4, 0.5) is 5.82 Å². The lowest BCUT2D eigenvalue weighted by Gasteiger charge is -2.55. The maximum Gasteiger partial charge on any atom is 0.231 e. The van der Waals surface area contributed by atoms with E-state index in [2.05, 4.69) is 32.9 Å². The van der Waals surface area contributed by atoms with Gasteiger partial charge in [0.15, 0.2) is 0 Å². The molecule has 4 aliphatic carbocycles. The van der Waals surface area contributed by atoms with Crippen LogP contribution in [0.5, 0.6) is 0 Å². The van der Waals surface area contributed by atoms with Gasteiger partial charge < -0.3 is 5.32 Å². The first-order valence-electron chi connectivity index (χ1n) is 7.56. The highest BCUT2D eigenvalue weighted by atomic mass is 127. The Morgan fingerprint density at radius 3 is 2.25 bits per heavy atom. The lowest BCUT2D eigenvalue weighted by Crippen LogP contribution is -2.51. The molecule has 4 aliphatic rings. The molecule has 0 saturated heterocycles. The summed E-state index contributed by atoms with van der Waals surface area (Å²) in [5, 5.41) is 3.07. The summed E-state index contributed by atoms with van der Waals surface area (Å²) >= 11 is 2.23. The monoisotopic (exact) mass is 382 g/mol. The van der Waals surface area contributed by atoms with E-state index in [4.69, 9.17) is 0 Å². The summed E-state index contributed by atoms with van der Waals surface area (Å²) in [5.41, 5.74) is -0.0839. The number of pyridine rings is 1. The molecule has 0 atom stereocenters. The van der Waals surface area contributed by atoms with E-state index < -0.39 is 0 Å². The van der Waals surface area contributed by atoms with Crippen molar-refractivity contribution in [3.05, 3.63) is 21.9 Å². The van der Waals surface area contributed by atoms with Gasteiger partial charge in [0.1, 0.15) is 5.82 Å². The number of rotatable bonds is 2. The Morgan fingerprint density at radius 2 is 1.75 bits per heavy atom. The molecule has 4 heteroatoms. The highest BCUT2D eigenvalue weighted by Gasteiger charge is 2.54. The number of hydrogen-bond acceptors (Lipinski definition) is 2. The number of anilines is 1. The number of amides is 1. The van der Waals surface area contributed by atoms with E-state index in [1.54, 1.807) is 6.20 Å². The molecule has 3 nitrogen and oxygen atoms in total. The lowest BCUT2D eigenvalue weighted by molar-refractivity contribution is -0.140. The van der Waals surface area contributed by atoms with Crippen LogP contribution in [0, 0.1) is 26.7 Å². The summed E-state index contributed by atoms with van der Waals surface area (Å²) < 4.78 is 1.09. The van der Waals surface area contributed by atoms with Crippen molar-refractivity contribution in [2.45, 2.75) is 38.5 Å². The second-order valence-electron chi connectivity index (χ2n) is 7.01. The van der Waals surface area contributed by atoms with Gasteiger partial charge in [-0.05, 0) is 91.0 Å². The van der Waals surface area contributed by atoms with E-state index in [0.29, 0.717) is 5.82 Å². The zero-order chi connectivity index (χ0) is 13.7. The molecule has 0 radical (unpaired) electrons. The first-order chi connectivity index (χ1) is 9.63. The Balaban J connectivity index is 1.54. The van der Waals surface area contributed by atoms with Crippen LogP contribution in [-0.4, -0.2) is 10.9 Å². The molecule has 5 rings (SSSR count). The third kappa shape index (κ3) is 2.16. The first kappa shape index (κ1) is 13.0. The van der Waals surface area contributed by atoms with Crippen molar-refractivity contribution in [3.8, 4) is 0 Å². The van der Waals surface area contributed by atoms with Gasteiger partial charge in [-0.2, -0.15) is 0 Å². The highest BCUT2D eigenvalue weighted by Crippen LogP contribution is 2.60. The quantitative estimate of drug-likeness (QED) is 0.790. The number of aromatic nitrogens is 1. The van der Waals surface area contributed by atoms with Crippen molar-refractivity contribution < 1.29 is 4.79 Å². The molecule has 1 aromatic rings. The molecule has 0 aromatic carbocycles. The summed E-state index contributed by atoms with van der Waals surface area (Å²) in [6.45, 7) is 0. The van der Waals surface area contributed by atoms with Crippen molar-refractivity contribution in [2.24, 2.45) is 23.2 Å². The molecule has 4 fully saturated rings. The Labute approximate surface area is 133 Å². The van der Waals surface area contributed by atoms with Gasteiger partial charge >= 0.3 is 0 Å². The molecule has 1 aromatic heterocycles. The smallest absolute Gasteiger partial charge is 0.231 e. The number of carbonyl (C=O) groups excluding carboxylic acids is 1. The van der Waals surface area contributed by atoms with Crippen LogP contribution in [0.25, 0.3) is 0 Å². The van der Waals surface area contributed by atoms with E-state index in [0.717, 1.165) is 40.6 Å². The number of hydrogen-bond donors (Lipinski definition) is 1. The van der Waals surface area contributed by atoms with Crippen LogP contribution < -0.4 is 5.32 Å². The number of carbonyl (C=O) groups is 1. The summed E-state index contributed by atoms with van der Waals surface area (Å²) in [6.07, 6.45) is 9.23. The average molecular weight is 382 g/mol. The Morgan fingerprint density at radius 1 is 1.15 bits per heavy atom. The molecule has 0 unspecified atom stereocenters. The van der Waals surface area contributed by atoms with Crippen LogP contribution in [0.2, 0.25) is 0 Å². The van der Waals surface area contributed by atoms with Crippen LogP contribution in [0.1, 0.15) is 38.5 Å². The third-order valence-corrected chi connectivity index (χ3v) is 6.13. The normalized spacial score (nSPS) is 38.0. The standard InChI is InChI=1S/C16H19IN2O/c17-13-1-2-14(18-9-13)19-15(20)16-6-10-3-11(7-16)5-12(4-10)8-16/h1-2,9-12H,3-8H2,(H,18,19,20). The molecule has 1 N–H and O–H groups in total. The zero-order valence-corrected chi connectivity index (χ0v) is 13.6. The van der Waals surface area contributed by atoms with E-state index in [-0.39, 0.29) is 11.3 Å². The maximum absolute atomic E-state index is 12.8. The number of nitrogens with one attached hydrogen (secondary N) is 1. The predicted molar refractivity (Wildman–Crippen MR) is 86.2 cm³/mol. The fourth-order valence-corrected chi connectivity index (χ4v) is 5.41. The molecule has 1 amide bonds. The fourth-order valence-electron chi connectivity index (χ4n) is 5.09. The molecule has 4 saturated carbocycles. The minimum atomic E-state index is -0.0839. The SMILES string of the molecule is O=C(Nc1ccc(I)cn1)C12CC3CC(CC(C3)C1)C2. The molecule has 1 heterocycles. The molecular formula is C16H19IN2O. The van der Waals surface area contributed by atoms with Gasteiger partial charge in [-0.1, -0.05) is 0 Å². The maximum atomic E-state index is 12.8. The summed E-state index contributed by atoms with van der Waals surface area (Å²) in [7, 11) is 0. The molecule has 20 heavy (non-hydrogen) atoms. The Hall–Kier alpha value is -0.650. The van der Waals surface area contributed by atoms with Crippen LogP contribution in [0.3, 0.4) is 0 Å². The summed E-state index contributed by atoms with van der Waals surface area (Å²) in [5.74, 6) is 3.33. The minimum absolute atomic E-state index is 0.0839. The van der Waals surface area contributed by atoms with Crippen LogP contribution >= 0.6 is 22.6 Å². The number of halogens is 1. The minimum Gasteiger partial charge on any atom is -0.310 e. The third-order valence-electron chi connectivity index (χ3n) is 5.49. The van der Waals surface area contributed by atoms with Crippen LogP contribution in [0.15, 0.2) is 18.3 Å². The molecule has 4 bridgehead atoms. The van der Waals surface area contributed by atoms with Crippen molar-refractivity contribution in [3.63, 3.8) is 0 Å². The van der Waals surface area contributed by atoms with E-state index in [1.807, 2.05) is 12.1 Å². The highest BCUT2D eigenvalue weighted by molar-refractivity contribution is 14.1. The second kappa shape index (κ2) is 4.68. The van der Waals surface area contributed by atoms with E-state index >= 15 is 0 Å². The second-order valence-corrected chi connectivity index (χ2v) is 8.26. The van der Waals surface area contributed by atoms with Gasteiger partial charge in [0, 0.05) is 9.77 Å². The van der Waals surface area contributed by atoms with E-state index in [1.165, 1.54) is 19.3 Å². The number of nitrogens with zero attached hydrogens (tertiary/aromatic N) is 1. The van der Waals surface area contributed by atoms with Crippen molar-refractivity contribution in [2.75, 3.05) is 5.32 Å². The molecule has 0 aliphatic heterocycles. The summed E-state index contributed by atoms with van der Waals surface area (Å²) in [4.78, 5) is 17.1. The molecule has 0 spiro atoms. The Bertz CT molecular complexity index is 505. The topological polar surface area (TPSA) is 42.0 Å². The molecule has 106 valence electrons. The van der Waals surface area contributed by atoms with Gasteiger partial charge in [-0.25, -0.2) is 4.98 Å². The first-order valence-corrected chi connectivity index (χ1v) is 8.64. The summed E-state index contributed by atoms with van der Waals surface area (Å²) in [6, 6.07) is 3.89. The Kier molecular flexibility index (Phi) is 3.05. The largest absolute Gasteiger partial charge is 0.310 e.